The van der Waals surface area contributed by atoms with Crippen LogP contribution >= 0.6 is 11.3 Å². The molecule has 0 fully saturated rings. The van der Waals surface area contributed by atoms with Crippen molar-refractivity contribution in [2.75, 3.05) is 14.2 Å². The SMILES string of the molecule is COc1cc(C(=O)NCc2sccc2C)cc(OC)c1C. The molecule has 0 unspecified atom stereocenters. The van der Waals surface area contributed by atoms with Crippen molar-refractivity contribution >= 4 is 17.2 Å². The van der Waals surface area contributed by atoms with Crippen molar-refractivity contribution < 1.29 is 14.3 Å². The van der Waals surface area contributed by atoms with E-state index in [-0.39, 0.29) is 5.91 Å². The third-order valence-corrected chi connectivity index (χ3v) is 4.42. The minimum absolute atomic E-state index is 0.139. The molecule has 0 spiro atoms. The average molecular weight is 305 g/mol. The molecule has 21 heavy (non-hydrogen) atoms. The molecule has 2 aromatic rings. The number of carbonyl (C=O) groups excluding carboxylic acids is 1. The minimum atomic E-state index is -0.139. The molecule has 1 N–H and O–H groups in total. The molecule has 0 atom stereocenters. The number of thiophene rings is 1. The van der Waals surface area contributed by atoms with Gasteiger partial charge in [-0.15, -0.1) is 11.3 Å². The normalized spacial score (nSPS) is 10.3. The lowest BCUT2D eigenvalue weighted by Gasteiger charge is -2.12. The zero-order chi connectivity index (χ0) is 15.4. The van der Waals surface area contributed by atoms with Crippen molar-refractivity contribution in [1.29, 1.82) is 0 Å². The van der Waals surface area contributed by atoms with Crippen LogP contribution in [0.2, 0.25) is 0 Å². The van der Waals surface area contributed by atoms with Gasteiger partial charge in [0.05, 0.1) is 20.8 Å². The lowest BCUT2D eigenvalue weighted by Crippen LogP contribution is -2.22. The molecule has 5 heteroatoms. The third kappa shape index (κ3) is 3.36. The first-order valence-corrected chi connectivity index (χ1v) is 7.48. The highest BCUT2D eigenvalue weighted by atomic mass is 32.1. The van der Waals surface area contributed by atoms with Crippen LogP contribution in [0.1, 0.15) is 26.4 Å². The van der Waals surface area contributed by atoms with E-state index in [1.807, 2.05) is 25.3 Å². The summed E-state index contributed by atoms with van der Waals surface area (Å²) in [5, 5.41) is 4.95. The van der Waals surface area contributed by atoms with Crippen LogP contribution in [0.4, 0.5) is 0 Å². The summed E-state index contributed by atoms with van der Waals surface area (Å²) in [5.74, 6) is 1.15. The molecule has 0 radical (unpaired) electrons. The molecule has 2 rings (SSSR count). The van der Waals surface area contributed by atoms with E-state index in [9.17, 15) is 4.79 Å². The summed E-state index contributed by atoms with van der Waals surface area (Å²) >= 11 is 1.64. The second-order valence-corrected chi connectivity index (χ2v) is 5.72. The van der Waals surface area contributed by atoms with Crippen molar-refractivity contribution in [2.45, 2.75) is 20.4 Å². The lowest BCUT2D eigenvalue weighted by atomic mass is 10.1. The first kappa shape index (κ1) is 15.4. The number of rotatable bonds is 5. The molecule has 0 saturated heterocycles. The van der Waals surface area contributed by atoms with Crippen LogP contribution in [0.25, 0.3) is 0 Å². The van der Waals surface area contributed by atoms with Gasteiger partial charge in [0, 0.05) is 16.0 Å². The van der Waals surface area contributed by atoms with Gasteiger partial charge in [0.15, 0.2) is 0 Å². The number of carbonyl (C=O) groups is 1. The third-order valence-electron chi connectivity index (χ3n) is 3.39. The van der Waals surface area contributed by atoms with Gasteiger partial charge in [-0.25, -0.2) is 0 Å². The van der Waals surface area contributed by atoms with Crippen molar-refractivity contribution in [3.8, 4) is 11.5 Å². The van der Waals surface area contributed by atoms with Crippen LogP contribution in [-0.4, -0.2) is 20.1 Å². The molecule has 1 amide bonds. The number of hydrogen-bond donors (Lipinski definition) is 1. The second-order valence-electron chi connectivity index (χ2n) is 4.72. The maximum atomic E-state index is 12.3. The molecule has 4 nitrogen and oxygen atoms in total. The highest BCUT2D eigenvalue weighted by Crippen LogP contribution is 2.29. The Morgan fingerprint density at radius 3 is 2.29 bits per heavy atom. The molecule has 0 aliphatic rings. The summed E-state index contributed by atoms with van der Waals surface area (Å²) < 4.78 is 10.6. The predicted octanol–water partition coefficient (Wildman–Crippen LogP) is 3.31. The van der Waals surface area contributed by atoms with Gasteiger partial charge in [0.25, 0.3) is 5.91 Å². The molecule has 0 saturated carbocycles. The molecule has 1 aromatic carbocycles. The number of amides is 1. The van der Waals surface area contributed by atoms with Crippen LogP contribution in [-0.2, 0) is 6.54 Å². The highest BCUT2D eigenvalue weighted by Gasteiger charge is 2.13. The maximum absolute atomic E-state index is 12.3. The average Bonchev–Trinajstić information content (AvgIpc) is 2.90. The fourth-order valence-corrected chi connectivity index (χ4v) is 2.91. The monoisotopic (exact) mass is 305 g/mol. The Balaban J connectivity index is 2.17. The molecule has 112 valence electrons. The number of hydrogen-bond acceptors (Lipinski definition) is 4. The highest BCUT2D eigenvalue weighted by molar-refractivity contribution is 7.10. The van der Waals surface area contributed by atoms with Crippen LogP contribution in [0.3, 0.4) is 0 Å². The Kier molecular flexibility index (Phi) is 4.85. The van der Waals surface area contributed by atoms with E-state index in [1.54, 1.807) is 37.7 Å². The van der Waals surface area contributed by atoms with Crippen LogP contribution in [0.5, 0.6) is 11.5 Å². The fraction of sp³-hybridized carbons (Fsp3) is 0.312. The van der Waals surface area contributed by atoms with E-state index in [4.69, 9.17) is 9.47 Å². The maximum Gasteiger partial charge on any atom is 0.251 e. The number of nitrogens with one attached hydrogen (secondary N) is 1. The summed E-state index contributed by atoms with van der Waals surface area (Å²) in [6, 6.07) is 5.51. The molecule has 1 aromatic heterocycles. The van der Waals surface area contributed by atoms with Crippen LogP contribution < -0.4 is 14.8 Å². The number of aryl methyl sites for hydroxylation is 1. The largest absolute Gasteiger partial charge is 0.496 e. The zero-order valence-corrected chi connectivity index (χ0v) is 13.5. The van der Waals surface area contributed by atoms with E-state index in [0.717, 1.165) is 10.4 Å². The van der Waals surface area contributed by atoms with Gasteiger partial charge in [-0.3, -0.25) is 4.79 Å². The quantitative estimate of drug-likeness (QED) is 0.922. The van der Waals surface area contributed by atoms with E-state index < -0.39 is 0 Å². The van der Waals surface area contributed by atoms with E-state index in [1.165, 1.54) is 5.56 Å². The molecule has 0 aliphatic heterocycles. The predicted molar refractivity (Wildman–Crippen MR) is 84.5 cm³/mol. The first-order valence-electron chi connectivity index (χ1n) is 6.60. The Hall–Kier alpha value is -2.01. The summed E-state index contributed by atoms with van der Waals surface area (Å²) in [4.78, 5) is 13.4. The van der Waals surface area contributed by atoms with Gasteiger partial charge in [-0.1, -0.05) is 0 Å². The van der Waals surface area contributed by atoms with Crippen LogP contribution in [0.15, 0.2) is 23.6 Å². The van der Waals surface area contributed by atoms with Crippen molar-refractivity contribution in [2.24, 2.45) is 0 Å². The minimum Gasteiger partial charge on any atom is -0.496 e. The first-order chi connectivity index (χ1) is 10.1. The van der Waals surface area contributed by atoms with Gasteiger partial charge >= 0.3 is 0 Å². The zero-order valence-electron chi connectivity index (χ0n) is 12.6. The Morgan fingerprint density at radius 1 is 1.19 bits per heavy atom. The molecular weight excluding hydrogens is 286 g/mol. The van der Waals surface area contributed by atoms with E-state index in [2.05, 4.69) is 5.32 Å². The van der Waals surface area contributed by atoms with Crippen molar-refractivity contribution in [3.05, 3.63) is 45.1 Å². The fourth-order valence-electron chi connectivity index (χ4n) is 2.07. The summed E-state index contributed by atoms with van der Waals surface area (Å²) in [6.45, 7) is 4.46. The van der Waals surface area contributed by atoms with Gasteiger partial charge < -0.3 is 14.8 Å². The summed E-state index contributed by atoms with van der Waals surface area (Å²) in [7, 11) is 3.16. The topological polar surface area (TPSA) is 47.6 Å². The molecular formula is C16H19NO3S. The summed E-state index contributed by atoms with van der Waals surface area (Å²) in [5.41, 5.74) is 2.61. The number of benzene rings is 1. The van der Waals surface area contributed by atoms with Crippen LogP contribution in [0, 0.1) is 13.8 Å². The number of ether oxygens (including phenoxy) is 2. The van der Waals surface area contributed by atoms with Gasteiger partial charge in [0.2, 0.25) is 0 Å². The molecule has 0 aliphatic carbocycles. The van der Waals surface area contributed by atoms with Crippen molar-refractivity contribution in [1.82, 2.24) is 5.32 Å². The lowest BCUT2D eigenvalue weighted by molar-refractivity contribution is 0.0950. The molecule has 1 heterocycles. The van der Waals surface area contributed by atoms with E-state index in [0.29, 0.717) is 23.6 Å². The Morgan fingerprint density at radius 2 is 1.81 bits per heavy atom. The smallest absolute Gasteiger partial charge is 0.251 e. The van der Waals surface area contributed by atoms with Gasteiger partial charge in [-0.05, 0) is 43.0 Å². The summed E-state index contributed by atoms with van der Waals surface area (Å²) in [6.07, 6.45) is 0. The van der Waals surface area contributed by atoms with Gasteiger partial charge in [0.1, 0.15) is 11.5 Å². The van der Waals surface area contributed by atoms with Crippen molar-refractivity contribution in [3.63, 3.8) is 0 Å². The second kappa shape index (κ2) is 6.63. The van der Waals surface area contributed by atoms with E-state index >= 15 is 0 Å². The Bertz CT molecular complexity index is 624. The number of methoxy groups -OCH3 is 2. The Labute approximate surface area is 128 Å². The molecule has 0 bridgehead atoms. The van der Waals surface area contributed by atoms with Gasteiger partial charge in [-0.2, -0.15) is 0 Å². The standard InChI is InChI=1S/C16H19NO3S/c1-10-5-6-21-15(10)9-17-16(18)12-7-13(19-3)11(2)14(8-12)20-4/h5-8H,9H2,1-4H3,(H,17,18).